The molecule has 1 aliphatic carbocycles. The summed E-state index contributed by atoms with van der Waals surface area (Å²) < 4.78 is 39.5. The molecule has 1 saturated carbocycles. The van der Waals surface area contributed by atoms with E-state index in [2.05, 4.69) is 27.5 Å². The molecule has 5 heterocycles. The fraction of sp³-hybridized carbons (Fsp3) is 0.400. The smallest absolute Gasteiger partial charge is 0.329 e. The van der Waals surface area contributed by atoms with Crippen LogP contribution in [0.4, 0.5) is 11.6 Å². The van der Waals surface area contributed by atoms with Gasteiger partial charge in [0.1, 0.15) is 23.3 Å². The number of amides is 2. The molecule has 17 heteroatoms. The minimum Gasteiger partial charge on any atom is -0.365 e. The maximum absolute atomic E-state index is 13.7. The number of carbonyl (C=O) groups excluding carboxylic acids is 2. The van der Waals surface area contributed by atoms with E-state index < -0.39 is 22.0 Å². The summed E-state index contributed by atoms with van der Waals surface area (Å²) in [6.07, 6.45) is 6.67. The number of piperidine rings is 2. The van der Waals surface area contributed by atoms with Crippen LogP contribution in [0.5, 0.6) is 0 Å². The summed E-state index contributed by atoms with van der Waals surface area (Å²) in [7, 11) is -2.16. The monoisotopic (exact) mass is 812 g/mol. The van der Waals surface area contributed by atoms with Crippen molar-refractivity contribution < 1.29 is 22.7 Å². The van der Waals surface area contributed by atoms with Gasteiger partial charge in [-0.15, -0.1) is 0 Å². The highest BCUT2D eigenvalue weighted by Gasteiger charge is 2.32. The van der Waals surface area contributed by atoms with Gasteiger partial charge in [-0.05, 0) is 81.0 Å². The standard InChI is InChI=1S/C40H41ClN8O7S/c1-24-21-29(12-13-31(24)43-39-42-23-26-22-30(41)38(52)48(36(26)45-39)27-9-3-4-10-27)57(54,55)47-18-16-28(17-19-47)56-20-6-8-25-7-5-11-32-35(25)46(2)40(53)49(32)33-14-15-34(50)44-37(33)51/h5,7,11-13,21-23,27-28,33H,3-4,9-10,14-20H2,1-2H3,(H,42,43,45)(H,44,50,51). The first-order valence-corrected chi connectivity index (χ1v) is 20.8. The second-order valence-corrected chi connectivity index (χ2v) is 17.1. The van der Waals surface area contributed by atoms with Gasteiger partial charge in [0.2, 0.25) is 27.8 Å². The van der Waals surface area contributed by atoms with Crippen molar-refractivity contribution in [2.45, 2.75) is 81.4 Å². The van der Waals surface area contributed by atoms with E-state index in [1.807, 2.05) is 6.92 Å². The van der Waals surface area contributed by atoms with Crippen molar-refractivity contribution in [3.05, 3.63) is 85.6 Å². The number of carbonyl (C=O) groups is 2. The first-order valence-electron chi connectivity index (χ1n) is 19.0. The molecule has 5 aromatic rings. The Bertz CT molecular complexity index is 2740. The summed E-state index contributed by atoms with van der Waals surface area (Å²) in [4.78, 5) is 59.8. The van der Waals surface area contributed by atoms with Crippen molar-refractivity contribution >= 4 is 67.1 Å². The van der Waals surface area contributed by atoms with Crippen molar-refractivity contribution in [2.75, 3.05) is 25.0 Å². The normalized spacial score (nSPS) is 18.5. The highest BCUT2D eigenvalue weighted by Crippen LogP contribution is 2.32. The van der Waals surface area contributed by atoms with Crippen LogP contribution in [0, 0.1) is 18.8 Å². The van der Waals surface area contributed by atoms with Crippen LogP contribution < -0.4 is 21.9 Å². The zero-order valence-electron chi connectivity index (χ0n) is 31.5. The number of ether oxygens (including phenoxy) is 1. The molecule has 1 unspecified atom stereocenters. The zero-order valence-corrected chi connectivity index (χ0v) is 33.0. The number of nitrogens with zero attached hydrogens (tertiary/aromatic N) is 6. The Balaban J connectivity index is 0.897. The third-order valence-corrected chi connectivity index (χ3v) is 13.3. The largest absolute Gasteiger partial charge is 0.365 e. The molecule has 2 aromatic carbocycles. The van der Waals surface area contributed by atoms with Crippen molar-refractivity contribution in [2.24, 2.45) is 7.05 Å². The van der Waals surface area contributed by atoms with Crippen molar-refractivity contribution in [3.63, 3.8) is 0 Å². The number of imide groups is 1. The summed E-state index contributed by atoms with van der Waals surface area (Å²) >= 11 is 6.28. The molecular weight excluding hydrogens is 772 g/mol. The third-order valence-electron chi connectivity index (χ3n) is 11.1. The lowest BCUT2D eigenvalue weighted by Crippen LogP contribution is -2.44. The second kappa shape index (κ2) is 15.5. The number of benzene rings is 2. The molecule has 2 N–H and O–H groups in total. The van der Waals surface area contributed by atoms with Gasteiger partial charge in [0.15, 0.2) is 0 Å². The number of nitrogens with one attached hydrogen (secondary N) is 2. The molecule has 0 radical (unpaired) electrons. The number of fused-ring (bicyclic) bond motifs is 2. The van der Waals surface area contributed by atoms with E-state index in [-0.39, 0.29) is 77.7 Å². The Labute approximate surface area is 333 Å². The summed E-state index contributed by atoms with van der Waals surface area (Å²) in [5.41, 5.74) is 2.92. The van der Waals surface area contributed by atoms with E-state index in [0.29, 0.717) is 51.7 Å². The maximum atomic E-state index is 13.7. The minimum atomic E-state index is -3.78. The molecule has 2 amide bonds. The number of imidazole rings is 1. The molecule has 296 valence electrons. The number of anilines is 2. The van der Waals surface area contributed by atoms with Gasteiger partial charge in [-0.2, -0.15) is 9.29 Å². The first kappa shape index (κ1) is 38.5. The van der Waals surface area contributed by atoms with Gasteiger partial charge in [-0.3, -0.25) is 33.4 Å². The topological polar surface area (TPSA) is 180 Å². The van der Waals surface area contributed by atoms with Crippen LogP contribution in [-0.4, -0.2) is 74.0 Å². The van der Waals surface area contributed by atoms with E-state index >= 15 is 0 Å². The molecule has 0 spiro atoms. The quantitative estimate of drug-likeness (QED) is 0.168. The molecule has 3 aliphatic rings. The van der Waals surface area contributed by atoms with Gasteiger partial charge >= 0.3 is 5.69 Å². The van der Waals surface area contributed by atoms with Crippen molar-refractivity contribution in [3.8, 4) is 11.8 Å². The predicted octanol–water partition coefficient (Wildman–Crippen LogP) is 4.46. The van der Waals surface area contributed by atoms with Crippen molar-refractivity contribution in [1.82, 2.24) is 33.3 Å². The average molecular weight is 813 g/mol. The molecule has 1 atom stereocenters. The van der Waals surface area contributed by atoms with Crippen LogP contribution in [0.25, 0.3) is 22.1 Å². The first-order chi connectivity index (χ1) is 27.4. The Morgan fingerprint density at radius 2 is 1.77 bits per heavy atom. The number of aromatic nitrogens is 5. The molecule has 8 rings (SSSR count). The van der Waals surface area contributed by atoms with E-state index in [0.717, 1.165) is 25.7 Å². The minimum absolute atomic E-state index is 0.0262. The van der Waals surface area contributed by atoms with Crippen LogP contribution in [0.2, 0.25) is 5.02 Å². The highest BCUT2D eigenvalue weighted by atomic mass is 35.5. The maximum Gasteiger partial charge on any atom is 0.329 e. The molecule has 3 fully saturated rings. The number of sulfonamides is 1. The number of aryl methyl sites for hydroxylation is 2. The van der Waals surface area contributed by atoms with Crippen LogP contribution in [0.3, 0.4) is 0 Å². The summed E-state index contributed by atoms with van der Waals surface area (Å²) in [6.45, 7) is 2.49. The molecule has 0 bridgehead atoms. The Kier molecular flexibility index (Phi) is 10.5. The van der Waals surface area contributed by atoms with Crippen LogP contribution in [0.1, 0.15) is 74.6 Å². The number of halogens is 1. The van der Waals surface area contributed by atoms with Gasteiger partial charge in [0.05, 0.1) is 27.6 Å². The predicted molar refractivity (Wildman–Crippen MR) is 214 cm³/mol. The Morgan fingerprint density at radius 3 is 2.51 bits per heavy atom. The van der Waals surface area contributed by atoms with E-state index in [1.54, 1.807) is 60.3 Å². The van der Waals surface area contributed by atoms with Gasteiger partial charge in [0, 0.05) is 49.9 Å². The lowest BCUT2D eigenvalue weighted by Gasteiger charge is -2.31. The molecule has 57 heavy (non-hydrogen) atoms. The highest BCUT2D eigenvalue weighted by molar-refractivity contribution is 7.89. The third kappa shape index (κ3) is 7.36. The molecule has 2 aliphatic heterocycles. The molecule has 15 nitrogen and oxygen atoms in total. The zero-order chi connectivity index (χ0) is 40.0. The van der Waals surface area contributed by atoms with Crippen LogP contribution in [-0.2, 0) is 31.4 Å². The number of rotatable bonds is 8. The van der Waals surface area contributed by atoms with Crippen LogP contribution >= 0.6 is 11.6 Å². The Hall–Kier alpha value is -5.34. The SMILES string of the molecule is Cc1cc(S(=O)(=O)N2CCC(OCC#Cc3cccc4c3n(C)c(=O)n4C3CCC(=O)NC3=O)CC2)ccc1Nc1ncc2cc(Cl)c(=O)n(C3CCCC3)c2n1. The molecular formula is C40H41ClN8O7S. The molecule has 2 saturated heterocycles. The number of para-hydroxylation sites is 1. The Morgan fingerprint density at radius 1 is 1.00 bits per heavy atom. The number of hydrogen-bond acceptors (Lipinski definition) is 10. The summed E-state index contributed by atoms with van der Waals surface area (Å²) in [5, 5.41) is 6.32. The lowest BCUT2D eigenvalue weighted by molar-refractivity contribution is -0.135. The average Bonchev–Trinajstić information content (AvgIpc) is 3.81. The lowest BCUT2D eigenvalue weighted by atomic mass is 10.1. The van der Waals surface area contributed by atoms with E-state index in [1.165, 1.54) is 13.4 Å². The summed E-state index contributed by atoms with van der Waals surface area (Å²) in [6, 6.07) is 11.0. The fourth-order valence-electron chi connectivity index (χ4n) is 8.15. The number of pyridine rings is 1. The fourth-order valence-corrected chi connectivity index (χ4v) is 9.92. The van der Waals surface area contributed by atoms with Crippen molar-refractivity contribution in [1.29, 1.82) is 0 Å². The van der Waals surface area contributed by atoms with Gasteiger partial charge in [-0.1, -0.05) is 42.3 Å². The van der Waals surface area contributed by atoms with Gasteiger partial charge < -0.3 is 10.1 Å². The van der Waals surface area contributed by atoms with E-state index in [4.69, 9.17) is 21.3 Å². The van der Waals surface area contributed by atoms with Gasteiger partial charge in [-0.25, -0.2) is 18.2 Å². The van der Waals surface area contributed by atoms with Crippen LogP contribution in [0.15, 0.2) is 63.1 Å². The summed E-state index contributed by atoms with van der Waals surface area (Å²) in [5.74, 6) is 5.55. The molecule has 3 aromatic heterocycles. The number of hydrogen-bond donors (Lipinski definition) is 2. The second-order valence-electron chi connectivity index (χ2n) is 14.7. The van der Waals surface area contributed by atoms with E-state index in [9.17, 15) is 27.6 Å². The van der Waals surface area contributed by atoms with Gasteiger partial charge in [0.25, 0.3) is 5.56 Å².